The van der Waals surface area contributed by atoms with E-state index >= 15 is 0 Å². The zero-order valence-corrected chi connectivity index (χ0v) is 16.0. The molecule has 2 aromatic carbocycles. The Bertz CT molecular complexity index is 988. The second-order valence-corrected chi connectivity index (χ2v) is 7.83. The van der Waals surface area contributed by atoms with Gasteiger partial charge in [0.05, 0.1) is 12.6 Å². The Morgan fingerprint density at radius 3 is 2.44 bits per heavy atom. The number of para-hydroxylation sites is 1. The van der Waals surface area contributed by atoms with E-state index in [0.717, 1.165) is 33.5 Å². The first-order valence-corrected chi connectivity index (χ1v) is 9.37. The molecule has 2 heterocycles. The molecular weight excluding hydrogens is 478 g/mol. The fourth-order valence-corrected chi connectivity index (χ4v) is 4.38. The third-order valence-electron chi connectivity index (χ3n) is 4.83. The molecule has 4 rings (SSSR count). The number of fused-ring (bicyclic) bond motifs is 3. The van der Waals surface area contributed by atoms with Gasteiger partial charge in [-0.2, -0.15) is 13.2 Å². The summed E-state index contributed by atoms with van der Waals surface area (Å²) in [5.41, 5.74) is 1.62. The molecule has 2 nitrogen and oxygen atoms in total. The van der Waals surface area contributed by atoms with E-state index in [0.29, 0.717) is 15.7 Å². The summed E-state index contributed by atoms with van der Waals surface area (Å²) in [6.07, 6.45) is -4.10. The molecule has 1 aromatic heterocycles. The van der Waals surface area contributed by atoms with E-state index in [1.54, 1.807) is 34.7 Å². The number of rotatable bonds is 2. The average Bonchev–Trinajstić information content (AvgIpc) is 2.93. The Morgan fingerprint density at radius 2 is 1.78 bits per heavy atom. The lowest BCUT2D eigenvalue weighted by Crippen LogP contribution is -2.42. The van der Waals surface area contributed by atoms with Gasteiger partial charge in [-0.05, 0) is 52.8 Å². The molecule has 27 heavy (non-hydrogen) atoms. The maximum absolute atomic E-state index is 14.7. The summed E-state index contributed by atoms with van der Waals surface area (Å²) in [6.45, 7) is -1.18. The highest BCUT2D eigenvalue weighted by molar-refractivity contribution is 14.1. The quantitative estimate of drug-likeness (QED) is 0.367. The minimum Gasteiger partial charge on any atom is -0.357 e. The molecule has 0 amide bonds. The average molecular weight is 492 g/mol. The number of nitrogens with zero attached hydrogens (tertiary/aromatic N) is 1. The number of aromatic nitrogens is 1. The van der Waals surface area contributed by atoms with Gasteiger partial charge in [-0.25, -0.2) is 8.78 Å². The van der Waals surface area contributed by atoms with Crippen LogP contribution in [0.2, 0.25) is 0 Å². The monoisotopic (exact) mass is 492 g/mol. The van der Waals surface area contributed by atoms with Crippen LogP contribution in [0.4, 0.5) is 22.0 Å². The Hall–Kier alpha value is -1.68. The summed E-state index contributed by atoms with van der Waals surface area (Å²) in [5, 5.41) is 0.871. The van der Waals surface area contributed by atoms with Crippen LogP contribution in [0.5, 0.6) is 0 Å². The summed E-state index contributed by atoms with van der Waals surface area (Å²) in [5.74, 6) is -1.69. The van der Waals surface area contributed by atoms with Crippen LogP contribution < -0.4 is 0 Å². The summed E-state index contributed by atoms with van der Waals surface area (Å²) in [7, 11) is 0. The molecule has 0 bridgehead atoms. The van der Waals surface area contributed by atoms with Crippen molar-refractivity contribution in [2.75, 3.05) is 13.1 Å². The first kappa shape index (κ1) is 18.7. The highest BCUT2D eigenvalue weighted by Gasteiger charge is 2.40. The molecule has 1 aliphatic rings. The van der Waals surface area contributed by atoms with E-state index in [9.17, 15) is 22.0 Å². The SMILES string of the molecule is Fc1cc(I)cc(F)c1[C@@H]1c2[nH]c3ccccc3c2CCN1CC(F)(F)F. The third kappa shape index (κ3) is 3.44. The maximum Gasteiger partial charge on any atom is 0.401 e. The van der Waals surface area contributed by atoms with Gasteiger partial charge in [0, 0.05) is 32.3 Å². The van der Waals surface area contributed by atoms with Gasteiger partial charge in [0.2, 0.25) is 0 Å². The predicted molar refractivity (Wildman–Crippen MR) is 101 cm³/mol. The molecule has 1 aliphatic heterocycles. The van der Waals surface area contributed by atoms with Gasteiger partial charge in [-0.15, -0.1) is 0 Å². The smallest absolute Gasteiger partial charge is 0.357 e. The van der Waals surface area contributed by atoms with Gasteiger partial charge in [0.1, 0.15) is 11.6 Å². The Kier molecular flexibility index (Phi) is 4.66. The maximum atomic E-state index is 14.7. The Morgan fingerprint density at radius 1 is 1.11 bits per heavy atom. The minimum atomic E-state index is -4.47. The number of hydrogen-bond acceptors (Lipinski definition) is 1. The van der Waals surface area contributed by atoms with Crippen molar-refractivity contribution in [1.29, 1.82) is 0 Å². The van der Waals surface area contributed by atoms with Crippen molar-refractivity contribution in [2.24, 2.45) is 0 Å². The van der Waals surface area contributed by atoms with Crippen molar-refractivity contribution >= 4 is 33.5 Å². The number of hydrogen-bond donors (Lipinski definition) is 1. The molecule has 1 atom stereocenters. The standard InChI is InChI=1S/C19H14F5IN2/c20-13-7-10(25)8-14(21)16(13)18-17-12(5-6-27(18)9-19(22,23)24)11-3-1-2-4-15(11)26-17/h1-4,7-8,18,26H,5-6,9H2/t18-/m1/s1. The van der Waals surface area contributed by atoms with E-state index in [1.165, 1.54) is 0 Å². The Labute approximate surface area is 165 Å². The number of nitrogens with one attached hydrogen (secondary N) is 1. The van der Waals surface area contributed by atoms with Gasteiger partial charge in [0.15, 0.2) is 0 Å². The van der Waals surface area contributed by atoms with Gasteiger partial charge in [0.25, 0.3) is 0 Å². The van der Waals surface area contributed by atoms with E-state index in [-0.39, 0.29) is 12.1 Å². The molecule has 142 valence electrons. The summed E-state index contributed by atoms with van der Waals surface area (Å²) in [6, 6.07) is 8.42. The fourth-order valence-electron chi connectivity index (χ4n) is 3.83. The van der Waals surface area contributed by atoms with Crippen molar-refractivity contribution in [3.63, 3.8) is 0 Å². The normalized spacial score (nSPS) is 18.1. The highest BCUT2D eigenvalue weighted by Crippen LogP contribution is 2.41. The lowest BCUT2D eigenvalue weighted by Gasteiger charge is -2.36. The van der Waals surface area contributed by atoms with E-state index < -0.39 is 30.4 Å². The zero-order chi connectivity index (χ0) is 19.3. The second kappa shape index (κ2) is 6.73. The molecule has 0 saturated carbocycles. The van der Waals surface area contributed by atoms with Crippen LogP contribution in [0.25, 0.3) is 10.9 Å². The Balaban J connectivity index is 1.93. The number of aromatic amines is 1. The van der Waals surface area contributed by atoms with Crippen LogP contribution in [0, 0.1) is 15.2 Å². The number of H-pyrrole nitrogens is 1. The molecule has 0 aliphatic carbocycles. The van der Waals surface area contributed by atoms with Gasteiger partial charge in [-0.3, -0.25) is 4.90 Å². The summed E-state index contributed by atoms with van der Waals surface area (Å²) >= 11 is 1.78. The summed E-state index contributed by atoms with van der Waals surface area (Å²) in [4.78, 5) is 4.19. The molecule has 1 N–H and O–H groups in total. The van der Waals surface area contributed by atoms with E-state index in [4.69, 9.17) is 0 Å². The minimum absolute atomic E-state index is 0.0594. The van der Waals surface area contributed by atoms with Gasteiger partial charge < -0.3 is 4.98 Å². The number of benzene rings is 2. The largest absolute Gasteiger partial charge is 0.401 e. The molecular formula is C19H14F5IN2. The predicted octanol–water partition coefficient (Wildman–Crippen LogP) is 5.56. The molecule has 0 unspecified atom stereocenters. The molecule has 0 fully saturated rings. The zero-order valence-electron chi connectivity index (χ0n) is 13.9. The van der Waals surface area contributed by atoms with E-state index in [1.807, 2.05) is 12.1 Å². The first-order chi connectivity index (χ1) is 12.7. The van der Waals surface area contributed by atoms with Crippen LogP contribution in [-0.4, -0.2) is 29.1 Å². The van der Waals surface area contributed by atoms with Crippen LogP contribution in [0.3, 0.4) is 0 Å². The topological polar surface area (TPSA) is 19.0 Å². The van der Waals surface area contributed by atoms with Crippen molar-refractivity contribution in [1.82, 2.24) is 9.88 Å². The van der Waals surface area contributed by atoms with Crippen molar-refractivity contribution in [3.8, 4) is 0 Å². The van der Waals surface area contributed by atoms with Gasteiger partial charge >= 0.3 is 6.18 Å². The van der Waals surface area contributed by atoms with Crippen molar-refractivity contribution < 1.29 is 22.0 Å². The second-order valence-electron chi connectivity index (χ2n) is 6.58. The number of halogens is 6. The fraction of sp³-hybridized carbons (Fsp3) is 0.263. The molecule has 3 aromatic rings. The molecule has 8 heteroatoms. The van der Waals surface area contributed by atoms with E-state index in [2.05, 4.69) is 4.98 Å². The van der Waals surface area contributed by atoms with Crippen molar-refractivity contribution in [2.45, 2.75) is 18.6 Å². The van der Waals surface area contributed by atoms with Gasteiger partial charge in [-0.1, -0.05) is 18.2 Å². The van der Waals surface area contributed by atoms with Crippen LogP contribution in [0.1, 0.15) is 22.9 Å². The lowest BCUT2D eigenvalue weighted by molar-refractivity contribution is -0.150. The molecule has 0 radical (unpaired) electrons. The number of alkyl halides is 3. The first-order valence-electron chi connectivity index (χ1n) is 8.29. The van der Waals surface area contributed by atoms with Crippen LogP contribution in [0.15, 0.2) is 36.4 Å². The third-order valence-corrected chi connectivity index (χ3v) is 5.46. The van der Waals surface area contributed by atoms with Crippen molar-refractivity contribution in [3.05, 3.63) is 68.4 Å². The molecule has 0 spiro atoms. The highest BCUT2D eigenvalue weighted by atomic mass is 127. The van der Waals surface area contributed by atoms with Crippen LogP contribution >= 0.6 is 22.6 Å². The van der Waals surface area contributed by atoms with Crippen LogP contribution in [-0.2, 0) is 6.42 Å². The lowest BCUT2D eigenvalue weighted by atomic mass is 9.91. The molecule has 0 saturated heterocycles. The summed E-state index contributed by atoms with van der Waals surface area (Å²) < 4.78 is 69.1.